The average Bonchev–Trinajstić information content (AvgIpc) is 2.82. The highest BCUT2D eigenvalue weighted by atomic mass is 32.2. The molecule has 0 aromatic heterocycles. The molecule has 0 bridgehead atoms. The fraction of sp³-hybridized carbons (Fsp3) is 0.600. The molecular formula is C15H22N2O3S. The number of ether oxygens (including phenoxy) is 1. The van der Waals surface area contributed by atoms with Crippen LogP contribution in [0.15, 0.2) is 17.0 Å². The van der Waals surface area contributed by atoms with E-state index in [0.29, 0.717) is 24.0 Å². The van der Waals surface area contributed by atoms with E-state index in [1.807, 2.05) is 6.07 Å². The number of fused-ring (bicyclic) bond motifs is 1. The zero-order chi connectivity index (χ0) is 15.0. The Morgan fingerprint density at radius 3 is 2.81 bits per heavy atom. The van der Waals surface area contributed by atoms with Gasteiger partial charge in [-0.1, -0.05) is 13.3 Å². The molecular weight excluding hydrogens is 288 g/mol. The van der Waals surface area contributed by atoms with Crippen LogP contribution in [0.2, 0.25) is 0 Å². The lowest BCUT2D eigenvalue weighted by molar-refractivity contribution is 0.280. The molecule has 0 spiro atoms. The van der Waals surface area contributed by atoms with Crippen LogP contribution in [-0.2, 0) is 16.4 Å². The van der Waals surface area contributed by atoms with Crippen molar-refractivity contribution < 1.29 is 13.2 Å². The lowest BCUT2D eigenvalue weighted by atomic mass is 10.1. The third-order valence-corrected chi connectivity index (χ3v) is 5.94. The zero-order valence-electron chi connectivity index (χ0n) is 12.3. The van der Waals surface area contributed by atoms with Crippen LogP contribution in [-0.4, -0.2) is 21.1 Å². The molecule has 2 aliphatic rings. The Bertz CT molecular complexity index is 643. The van der Waals surface area contributed by atoms with Crippen molar-refractivity contribution in [3.05, 3.63) is 17.7 Å². The smallest absolute Gasteiger partial charge is 0.244 e. The highest BCUT2D eigenvalue weighted by molar-refractivity contribution is 7.89. The van der Waals surface area contributed by atoms with Crippen molar-refractivity contribution >= 4 is 15.7 Å². The molecule has 1 saturated carbocycles. The summed E-state index contributed by atoms with van der Waals surface area (Å²) < 4.78 is 33.9. The van der Waals surface area contributed by atoms with Crippen molar-refractivity contribution in [1.82, 2.24) is 4.72 Å². The van der Waals surface area contributed by atoms with Gasteiger partial charge in [0.05, 0.1) is 6.61 Å². The van der Waals surface area contributed by atoms with Gasteiger partial charge in [0, 0.05) is 11.7 Å². The predicted octanol–water partition coefficient (Wildman–Crippen LogP) is 2.06. The van der Waals surface area contributed by atoms with E-state index in [-0.39, 0.29) is 10.9 Å². The highest BCUT2D eigenvalue weighted by Gasteiger charge is 2.31. The molecule has 0 saturated heterocycles. The van der Waals surface area contributed by atoms with Crippen molar-refractivity contribution in [1.29, 1.82) is 0 Å². The van der Waals surface area contributed by atoms with Crippen molar-refractivity contribution in [2.24, 2.45) is 5.92 Å². The number of aryl methyl sites for hydroxylation is 1. The van der Waals surface area contributed by atoms with Gasteiger partial charge < -0.3 is 10.5 Å². The third-order valence-electron chi connectivity index (χ3n) is 4.45. The number of rotatable bonds is 3. The van der Waals surface area contributed by atoms with Crippen molar-refractivity contribution in [2.75, 3.05) is 12.3 Å². The Hall–Kier alpha value is -1.27. The van der Waals surface area contributed by atoms with E-state index in [9.17, 15) is 8.42 Å². The fourth-order valence-corrected chi connectivity index (χ4v) is 4.85. The molecule has 5 nitrogen and oxygen atoms in total. The number of nitrogens with two attached hydrogens (primary N) is 1. The third kappa shape index (κ3) is 2.87. The first-order valence-corrected chi connectivity index (χ1v) is 9.03. The second kappa shape index (κ2) is 5.50. The number of anilines is 1. The molecule has 3 N–H and O–H groups in total. The molecule has 1 aromatic rings. The van der Waals surface area contributed by atoms with Gasteiger partial charge in [-0.25, -0.2) is 13.1 Å². The van der Waals surface area contributed by atoms with E-state index in [1.54, 1.807) is 0 Å². The van der Waals surface area contributed by atoms with Crippen molar-refractivity contribution in [2.45, 2.75) is 50.0 Å². The number of hydrogen-bond donors (Lipinski definition) is 2. The van der Waals surface area contributed by atoms with Gasteiger partial charge >= 0.3 is 0 Å². The normalized spacial score (nSPS) is 25.4. The largest absolute Gasteiger partial charge is 0.492 e. The Balaban J connectivity index is 1.96. The number of sulfonamides is 1. The summed E-state index contributed by atoms with van der Waals surface area (Å²) in [6, 6.07) is 3.33. The molecule has 3 rings (SSSR count). The molecule has 2 unspecified atom stereocenters. The van der Waals surface area contributed by atoms with Gasteiger partial charge in [-0.2, -0.15) is 0 Å². The first-order valence-electron chi connectivity index (χ1n) is 7.55. The minimum atomic E-state index is -3.60. The Morgan fingerprint density at radius 1 is 1.29 bits per heavy atom. The molecule has 21 heavy (non-hydrogen) atoms. The van der Waals surface area contributed by atoms with E-state index < -0.39 is 10.0 Å². The van der Waals surface area contributed by atoms with Crippen LogP contribution in [0.4, 0.5) is 5.69 Å². The summed E-state index contributed by atoms with van der Waals surface area (Å²) >= 11 is 0. The van der Waals surface area contributed by atoms with Crippen molar-refractivity contribution in [3.8, 4) is 5.75 Å². The fourth-order valence-electron chi connectivity index (χ4n) is 3.25. The maximum absolute atomic E-state index is 12.7. The summed E-state index contributed by atoms with van der Waals surface area (Å²) in [5.74, 6) is 0.853. The van der Waals surface area contributed by atoms with Gasteiger partial charge in [-0.05, 0) is 49.3 Å². The molecule has 0 radical (unpaired) electrons. The van der Waals surface area contributed by atoms with E-state index in [1.165, 1.54) is 6.07 Å². The second-order valence-electron chi connectivity index (χ2n) is 6.10. The summed E-state index contributed by atoms with van der Waals surface area (Å²) in [5, 5.41) is 0. The average molecular weight is 310 g/mol. The van der Waals surface area contributed by atoms with Crippen LogP contribution in [0, 0.1) is 5.92 Å². The number of nitrogens with one attached hydrogen (secondary N) is 1. The standard InChI is InChI=1S/C15H22N2O3S/c1-10-4-2-6-13(10)17-21(18,19)14-9-12(16)8-11-5-3-7-20-15(11)14/h8-10,13,17H,2-7,16H2,1H3. The molecule has 1 fully saturated rings. The van der Waals surface area contributed by atoms with Crippen LogP contribution in [0.3, 0.4) is 0 Å². The Kier molecular flexibility index (Phi) is 3.84. The predicted molar refractivity (Wildman–Crippen MR) is 81.8 cm³/mol. The summed E-state index contributed by atoms with van der Waals surface area (Å²) in [4.78, 5) is 0.191. The first kappa shape index (κ1) is 14.7. The van der Waals surface area contributed by atoms with Gasteiger partial charge in [-0.15, -0.1) is 0 Å². The molecule has 0 amide bonds. The quantitative estimate of drug-likeness (QED) is 0.837. The molecule has 1 aliphatic carbocycles. The van der Waals surface area contributed by atoms with Gasteiger partial charge in [0.15, 0.2) is 0 Å². The Labute approximate surface area is 125 Å². The summed E-state index contributed by atoms with van der Waals surface area (Å²) in [6.45, 7) is 2.64. The topological polar surface area (TPSA) is 81.4 Å². The molecule has 1 heterocycles. The maximum atomic E-state index is 12.7. The van der Waals surface area contributed by atoms with E-state index in [4.69, 9.17) is 10.5 Å². The lowest BCUT2D eigenvalue weighted by Crippen LogP contribution is -2.36. The number of nitrogen functional groups attached to an aromatic ring is 1. The minimum Gasteiger partial charge on any atom is -0.492 e. The van der Waals surface area contributed by atoms with Crippen LogP contribution < -0.4 is 15.2 Å². The summed E-state index contributed by atoms with van der Waals surface area (Å²) in [6.07, 6.45) is 4.73. The number of hydrogen-bond acceptors (Lipinski definition) is 4. The first-order chi connectivity index (χ1) is 9.97. The molecule has 1 aromatic carbocycles. The Morgan fingerprint density at radius 2 is 2.10 bits per heavy atom. The van der Waals surface area contributed by atoms with E-state index in [0.717, 1.165) is 37.7 Å². The molecule has 2 atom stereocenters. The maximum Gasteiger partial charge on any atom is 0.244 e. The van der Waals surface area contributed by atoms with Crippen LogP contribution in [0.25, 0.3) is 0 Å². The second-order valence-corrected chi connectivity index (χ2v) is 7.78. The molecule has 1 aliphatic heterocycles. The SMILES string of the molecule is CC1CCCC1NS(=O)(=O)c1cc(N)cc2c1OCCC2. The molecule has 6 heteroatoms. The van der Waals surface area contributed by atoms with Gasteiger partial charge in [-0.3, -0.25) is 0 Å². The highest BCUT2D eigenvalue weighted by Crippen LogP contribution is 2.35. The summed E-state index contributed by atoms with van der Waals surface area (Å²) in [5.41, 5.74) is 7.23. The van der Waals surface area contributed by atoms with Crippen LogP contribution in [0.5, 0.6) is 5.75 Å². The van der Waals surface area contributed by atoms with Crippen LogP contribution in [0.1, 0.15) is 38.2 Å². The summed E-state index contributed by atoms with van der Waals surface area (Å²) in [7, 11) is -3.60. The lowest BCUT2D eigenvalue weighted by Gasteiger charge is -2.23. The van der Waals surface area contributed by atoms with Crippen molar-refractivity contribution in [3.63, 3.8) is 0 Å². The minimum absolute atomic E-state index is 0.00988. The van der Waals surface area contributed by atoms with E-state index >= 15 is 0 Å². The number of benzene rings is 1. The van der Waals surface area contributed by atoms with Gasteiger partial charge in [0.2, 0.25) is 10.0 Å². The van der Waals surface area contributed by atoms with Gasteiger partial charge in [0.25, 0.3) is 0 Å². The van der Waals surface area contributed by atoms with Gasteiger partial charge in [0.1, 0.15) is 10.6 Å². The zero-order valence-corrected chi connectivity index (χ0v) is 13.1. The monoisotopic (exact) mass is 310 g/mol. The van der Waals surface area contributed by atoms with Crippen LogP contribution >= 0.6 is 0 Å². The molecule has 116 valence electrons. The van der Waals surface area contributed by atoms with E-state index in [2.05, 4.69) is 11.6 Å².